The minimum absolute atomic E-state index is 0. The van der Waals surface area contributed by atoms with Crippen LogP contribution in [0.4, 0.5) is 5.69 Å². The van der Waals surface area contributed by atoms with Crippen molar-refractivity contribution in [1.29, 1.82) is 0 Å². The van der Waals surface area contributed by atoms with Crippen molar-refractivity contribution < 1.29 is 36.0 Å². The van der Waals surface area contributed by atoms with Gasteiger partial charge in [-0.25, -0.2) is 0 Å². The lowest BCUT2D eigenvalue weighted by molar-refractivity contribution is -0.157. The van der Waals surface area contributed by atoms with E-state index in [1.165, 1.54) is 15.9 Å². The highest BCUT2D eigenvalue weighted by atomic mass is 79.9. The predicted molar refractivity (Wildman–Crippen MR) is 161 cm³/mol. The molecule has 0 aliphatic carbocycles. The standard InChI is InChI=1S/C33H34NO4P.BrH/c1-5-38-32(36)33(2,3)31(35)34-30-25(16-15-23-29(30)37-4)24-39(26-17-9-6-10-18-26,27-19-11-7-12-20-27)28-21-13-8-14-22-28;/h6-23H,5,24H2,1-4H3;1H. The van der Waals surface area contributed by atoms with Crippen LogP contribution in [0.5, 0.6) is 5.75 Å². The average Bonchev–Trinajstić information content (AvgIpc) is 2.98. The zero-order valence-corrected chi connectivity index (χ0v) is 25.7. The number of anilines is 1. The van der Waals surface area contributed by atoms with Crippen molar-refractivity contribution in [3.63, 3.8) is 0 Å². The van der Waals surface area contributed by atoms with Crippen molar-refractivity contribution in [1.82, 2.24) is 0 Å². The number of amides is 1. The van der Waals surface area contributed by atoms with Crippen molar-refractivity contribution in [2.24, 2.45) is 5.41 Å². The molecule has 0 radical (unpaired) electrons. The van der Waals surface area contributed by atoms with E-state index in [0.717, 1.165) is 5.56 Å². The Bertz CT molecular complexity index is 1320. The zero-order valence-electron chi connectivity index (χ0n) is 23.3. The molecule has 40 heavy (non-hydrogen) atoms. The first-order chi connectivity index (χ1) is 18.8. The molecular formula is C33H35BrNO4P. The molecule has 4 rings (SSSR count). The van der Waals surface area contributed by atoms with Crippen molar-refractivity contribution in [3.05, 3.63) is 115 Å². The van der Waals surface area contributed by atoms with Crippen molar-refractivity contribution >= 4 is 40.7 Å². The summed E-state index contributed by atoms with van der Waals surface area (Å²) in [4.78, 5) is 26.1. The summed E-state index contributed by atoms with van der Waals surface area (Å²) in [6.45, 7) is 5.08. The van der Waals surface area contributed by atoms with E-state index >= 15 is 0 Å². The highest BCUT2D eigenvalue weighted by Crippen LogP contribution is 2.59. The van der Waals surface area contributed by atoms with Gasteiger partial charge in [0.1, 0.15) is 40.5 Å². The van der Waals surface area contributed by atoms with E-state index < -0.39 is 24.6 Å². The molecule has 0 bridgehead atoms. The number of hydrogen-bond donors (Lipinski definition) is 1. The Kier molecular flexibility index (Phi) is 10.7. The molecule has 208 valence electrons. The van der Waals surface area contributed by atoms with Gasteiger partial charge in [0, 0.05) is 5.56 Å². The average molecular weight is 621 g/mol. The summed E-state index contributed by atoms with van der Waals surface area (Å²) in [5, 5.41) is 6.73. The number of ether oxygens (including phenoxy) is 2. The smallest absolute Gasteiger partial charge is 0.321 e. The molecule has 4 aromatic rings. The van der Waals surface area contributed by atoms with Crippen LogP contribution < -0.4 is 42.9 Å². The second kappa shape index (κ2) is 13.7. The molecule has 1 N–H and O–H groups in total. The third-order valence-electron chi connectivity index (χ3n) is 6.92. The number of benzene rings is 4. The topological polar surface area (TPSA) is 64.6 Å². The molecule has 0 atom stereocenters. The molecule has 5 nitrogen and oxygen atoms in total. The first-order valence-electron chi connectivity index (χ1n) is 13.0. The Labute approximate surface area is 248 Å². The van der Waals surface area contributed by atoms with E-state index in [0.29, 0.717) is 17.6 Å². The van der Waals surface area contributed by atoms with Gasteiger partial charge in [-0.15, -0.1) is 0 Å². The molecule has 0 saturated heterocycles. The quantitative estimate of drug-likeness (QED) is 0.168. The maximum atomic E-state index is 13.5. The van der Waals surface area contributed by atoms with Crippen LogP contribution in [-0.4, -0.2) is 25.6 Å². The predicted octanol–water partition coefficient (Wildman–Crippen LogP) is 2.72. The van der Waals surface area contributed by atoms with Crippen LogP contribution in [0.25, 0.3) is 0 Å². The highest BCUT2D eigenvalue weighted by molar-refractivity contribution is 7.95. The van der Waals surface area contributed by atoms with Gasteiger partial charge < -0.3 is 31.8 Å². The number of carbonyl (C=O) groups is 2. The van der Waals surface area contributed by atoms with Crippen molar-refractivity contribution in [2.75, 3.05) is 19.0 Å². The number of nitrogens with one attached hydrogen (secondary N) is 1. The van der Waals surface area contributed by atoms with Crippen molar-refractivity contribution in [3.8, 4) is 5.75 Å². The molecule has 0 aliphatic heterocycles. The van der Waals surface area contributed by atoms with Gasteiger partial charge in [0.15, 0.2) is 0 Å². The molecule has 4 aromatic carbocycles. The Balaban J connectivity index is 0.00000441. The van der Waals surface area contributed by atoms with Crippen LogP contribution in [0.1, 0.15) is 26.3 Å². The molecule has 0 aliphatic rings. The van der Waals surface area contributed by atoms with E-state index in [1.54, 1.807) is 27.9 Å². The summed E-state index contributed by atoms with van der Waals surface area (Å²) in [5.74, 6) is -0.485. The fraction of sp³-hybridized carbons (Fsp3) is 0.212. The minimum Gasteiger partial charge on any atom is -1.00 e. The van der Waals surface area contributed by atoms with Gasteiger partial charge in [-0.2, -0.15) is 0 Å². The first kappa shape index (κ1) is 31.1. The fourth-order valence-electron chi connectivity index (χ4n) is 4.72. The molecular weight excluding hydrogens is 585 g/mol. The molecule has 0 aromatic heterocycles. The molecule has 0 fully saturated rings. The summed E-state index contributed by atoms with van der Waals surface area (Å²) in [6, 6.07) is 37.5. The lowest BCUT2D eigenvalue weighted by Crippen LogP contribution is -3.00. The van der Waals surface area contributed by atoms with Crippen LogP contribution >= 0.6 is 7.26 Å². The number of methoxy groups -OCH3 is 1. The number of carbonyl (C=O) groups excluding carboxylic acids is 2. The molecule has 0 spiro atoms. The second-order valence-corrected chi connectivity index (χ2v) is 13.3. The van der Waals surface area contributed by atoms with Gasteiger partial charge in [-0.05, 0) is 63.2 Å². The lowest BCUT2D eigenvalue weighted by atomic mass is 9.92. The van der Waals surface area contributed by atoms with Crippen LogP contribution in [0, 0.1) is 5.41 Å². The molecule has 0 unspecified atom stereocenters. The third kappa shape index (κ3) is 6.29. The first-order valence-corrected chi connectivity index (χ1v) is 15.0. The number of halogens is 1. The summed E-state index contributed by atoms with van der Waals surface area (Å²) in [5.41, 5.74) is 0.111. The van der Waals surface area contributed by atoms with Crippen LogP contribution in [0.15, 0.2) is 109 Å². The normalized spacial score (nSPS) is 11.2. The van der Waals surface area contributed by atoms with Gasteiger partial charge in [0.05, 0.1) is 19.4 Å². The van der Waals surface area contributed by atoms with E-state index in [-0.39, 0.29) is 23.6 Å². The summed E-state index contributed by atoms with van der Waals surface area (Å²) in [6.07, 6.45) is 0.637. The highest BCUT2D eigenvalue weighted by Gasteiger charge is 2.46. The minimum atomic E-state index is -2.24. The molecule has 0 heterocycles. The van der Waals surface area contributed by atoms with Gasteiger partial charge >= 0.3 is 5.97 Å². The van der Waals surface area contributed by atoms with Crippen LogP contribution in [0.2, 0.25) is 0 Å². The maximum Gasteiger partial charge on any atom is 0.321 e. The Morgan fingerprint density at radius 3 is 1.65 bits per heavy atom. The van der Waals surface area contributed by atoms with E-state index in [1.807, 2.05) is 36.4 Å². The number of rotatable bonds is 10. The molecule has 7 heteroatoms. The second-order valence-electron chi connectivity index (χ2n) is 9.77. The molecule has 1 amide bonds. The number of para-hydroxylation sites is 1. The molecule has 0 saturated carbocycles. The van der Waals surface area contributed by atoms with Gasteiger partial charge in [-0.1, -0.05) is 66.7 Å². The van der Waals surface area contributed by atoms with Crippen LogP contribution in [-0.2, 0) is 20.5 Å². The fourth-order valence-corrected chi connectivity index (χ4v) is 8.98. The maximum absolute atomic E-state index is 13.5. The summed E-state index contributed by atoms with van der Waals surface area (Å²) in [7, 11) is -0.662. The summed E-state index contributed by atoms with van der Waals surface area (Å²) < 4.78 is 10.9. The van der Waals surface area contributed by atoms with E-state index in [9.17, 15) is 9.59 Å². The number of hydrogen-bond acceptors (Lipinski definition) is 4. The Morgan fingerprint density at radius 2 is 1.23 bits per heavy atom. The third-order valence-corrected chi connectivity index (χ3v) is 11.3. The number of esters is 1. The van der Waals surface area contributed by atoms with Crippen molar-refractivity contribution in [2.45, 2.75) is 26.9 Å². The Morgan fingerprint density at radius 1 is 0.750 bits per heavy atom. The van der Waals surface area contributed by atoms with E-state index in [4.69, 9.17) is 9.47 Å². The SMILES string of the molecule is CCOC(=O)C(C)(C)C(=O)Nc1c(C[P+](c2ccccc2)(c2ccccc2)c2ccccc2)cccc1OC.[Br-]. The van der Waals surface area contributed by atoms with Gasteiger partial charge in [0.2, 0.25) is 5.91 Å². The van der Waals surface area contributed by atoms with Gasteiger partial charge in [-0.3, -0.25) is 9.59 Å². The summed E-state index contributed by atoms with van der Waals surface area (Å²) >= 11 is 0. The van der Waals surface area contributed by atoms with E-state index in [2.05, 4.69) is 78.1 Å². The largest absolute Gasteiger partial charge is 1.00 e. The zero-order chi connectivity index (χ0) is 27.9. The van der Waals surface area contributed by atoms with Gasteiger partial charge in [0.25, 0.3) is 0 Å². The monoisotopic (exact) mass is 619 g/mol. The lowest BCUT2D eigenvalue weighted by Gasteiger charge is -2.29. The Hall–Kier alpha value is -3.47. The van der Waals surface area contributed by atoms with Crippen LogP contribution in [0.3, 0.4) is 0 Å².